The predicted octanol–water partition coefficient (Wildman–Crippen LogP) is 0.412. The summed E-state index contributed by atoms with van der Waals surface area (Å²) >= 11 is 0. The summed E-state index contributed by atoms with van der Waals surface area (Å²) in [4.78, 5) is 28.8. The standard InChI is InChI=1S/C12H14N4O2/c1-2-13-10-7-9(3-5-14-10)8-16-6-4-11(17)15-12(16)18/h3-7H,2,8H2,1H3,(H,13,14)(H,15,17,18). The first-order valence-electron chi connectivity index (χ1n) is 5.67. The van der Waals surface area contributed by atoms with Crippen LogP contribution in [0.15, 0.2) is 40.2 Å². The van der Waals surface area contributed by atoms with Gasteiger partial charge in [-0.05, 0) is 24.6 Å². The van der Waals surface area contributed by atoms with Gasteiger partial charge in [-0.3, -0.25) is 14.3 Å². The fourth-order valence-electron chi connectivity index (χ4n) is 1.62. The van der Waals surface area contributed by atoms with E-state index in [0.717, 1.165) is 17.9 Å². The summed E-state index contributed by atoms with van der Waals surface area (Å²) in [6.07, 6.45) is 3.17. The summed E-state index contributed by atoms with van der Waals surface area (Å²) < 4.78 is 1.44. The second-order valence-electron chi connectivity index (χ2n) is 3.82. The van der Waals surface area contributed by atoms with Gasteiger partial charge in [0.25, 0.3) is 5.56 Å². The fourth-order valence-corrected chi connectivity index (χ4v) is 1.62. The molecule has 6 nitrogen and oxygen atoms in total. The molecule has 2 heterocycles. The second-order valence-corrected chi connectivity index (χ2v) is 3.82. The van der Waals surface area contributed by atoms with Crippen molar-refractivity contribution >= 4 is 5.82 Å². The molecule has 0 atom stereocenters. The topological polar surface area (TPSA) is 79.8 Å². The van der Waals surface area contributed by atoms with Crippen molar-refractivity contribution in [2.45, 2.75) is 13.5 Å². The van der Waals surface area contributed by atoms with E-state index >= 15 is 0 Å². The summed E-state index contributed by atoms with van der Waals surface area (Å²) in [7, 11) is 0. The lowest BCUT2D eigenvalue weighted by atomic mass is 10.2. The number of hydrogen-bond acceptors (Lipinski definition) is 4. The quantitative estimate of drug-likeness (QED) is 0.819. The van der Waals surface area contributed by atoms with Crippen molar-refractivity contribution in [3.63, 3.8) is 0 Å². The first-order valence-corrected chi connectivity index (χ1v) is 5.67. The zero-order chi connectivity index (χ0) is 13.0. The van der Waals surface area contributed by atoms with Crippen LogP contribution < -0.4 is 16.6 Å². The molecule has 0 fully saturated rings. The Morgan fingerprint density at radius 3 is 2.94 bits per heavy atom. The van der Waals surface area contributed by atoms with E-state index in [1.807, 2.05) is 19.1 Å². The van der Waals surface area contributed by atoms with E-state index in [-0.39, 0.29) is 5.56 Å². The Hall–Kier alpha value is -2.37. The minimum atomic E-state index is -0.413. The molecule has 0 aromatic carbocycles. The fraction of sp³-hybridized carbons (Fsp3) is 0.250. The summed E-state index contributed by atoms with van der Waals surface area (Å²) in [6.45, 7) is 3.17. The van der Waals surface area contributed by atoms with Gasteiger partial charge in [0.15, 0.2) is 0 Å². The van der Waals surface area contributed by atoms with Gasteiger partial charge in [0.1, 0.15) is 5.82 Å². The third-order valence-electron chi connectivity index (χ3n) is 2.43. The molecule has 0 aliphatic heterocycles. The van der Waals surface area contributed by atoms with Crippen LogP contribution in [0.5, 0.6) is 0 Å². The van der Waals surface area contributed by atoms with Crippen LogP contribution >= 0.6 is 0 Å². The number of nitrogens with one attached hydrogen (secondary N) is 2. The molecule has 6 heteroatoms. The van der Waals surface area contributed by atoms with Gasteiger partial charge in [-0.25, -0.2) is 9.78 Å². The van der Waals surface area contributed by atoms with Gasteiger partial charge >= 0.3 is 5.69 Å². The molecule has 0 unspecified atom stereocenters. The molecule has 0 aliphatic rings. The van der Waals surface area contributed by atoms with E-state index in [0.29, 0.717) is 6.54 Å². The average Bonchev–Trinajstić information content (AvgIpc) is 2.34. The largest absolute Gasteiger partial charge is 0.370 e. The van der Waals surface area contributed by atoms with Crippen LogP contribution in [0.4, 0.5) is 5.82 Å². The van der Waals surface area contributed by atoms with Crippen LogP contribution in [0.2, 0.25) is 0 Å². The van der Waals surface area contributed by atoms with Gasteiger partial charge < -0.3 is 5.32 Å². The third-order valence-corrected chi connectivity index (χ3v) is 2.43. The van der Waals surface area contributed by atoms with E-state index in [2.05, 4.69) is 15.3 Å². The number of aromatic amines is 1. The highest BCUT2D eigenvalue weighted by atomic mass is 16.2. The Bertz CT molecular complexity index is 645. The molecule has 0 amide bonds. The smallest absolute Gasteiger partial charge is 0.328 e. The lowest BCUT2D eigenvalue weighted by Crippen LogP contribution is -2.28. The zero-order valence-electron chi connectivity index (χ0n) is 10.0. The van der Waals surface area contributed by atoms with E-state index in [4.69, 9.17) is 0 Å². The second kappa shape index (κ2) is 5.31. The van der Waals surface area contributed by atoms with E-state index < -0.39 is 5.69 Å². The lowest BCUT2D eigenvalue weighted by Gasteiger charge is -2.07. The Labute approximate surface area is 103 Å². The normalized spacial score (nSPS) is 10.3. The maximum Gasteiger partial charge on any atom is 0.328 e. The molecule has 2 N–H and O–H groups in total. The van der Waals surface area contributed by atoms with E-state index in [1.54, 1.807) is 6.20 Å². The molecule has 0 saturated carbocycles. The summed E-state index contributed by atoms with van der Waals surface area (Å²) in [6, 6.07) is 5.03. The van der Waals surface area contributed by atoms with Gasteiger partial charge in [-0.15, -0.1) is 0 Å². The Morgan fingerprint density at radius 1 is 1.39 bits per heavy atom. The predicted molar refractivity (Wildman–Crippen MR) is 68.8 cm³/mol. The van der Waals surface area contributed by atoms with Gasteiger partial charge in [-0.1, -0.05) is 0 Å². The Morgan fingerprint density at radius 2 is 2.22 bits per heavy atom. The maximum atomic E-state index is 11.5. The third kappa shape index (κ3) is 2.85. The number of nitrogens with zero attached hydrogens (tertiary/aromatic N) is 2. The molecule has 0 radical (unpaired) electrons. The van der Waals surface area contributed by atoms with Crippen LogP contribution in [-0.2, 0) is 6.54 Å². The summed E-state index contributed by atoms with van der Waals surface area (Å²) in [5.74, 6) is 0.771. The first kappa shape index (κ1) is 12.1. The number of rotatable bonds is 4. The molecule has 0 spiro atoms. The molecular formula is C12H14N4O2. The molecule has 0 bridgehead atoms. The molecule has 18 heavy (non-hydrogen) atoms. The van der Waals surface area contributed by atoms with E-state index in [9.17, 15) is 9.59 Å². The van der Waals surface area contributed by atoms with Crippen LogP contribution in [-0.4, -0.2) is 21.1 Å². The molecular weight excluding hydrogens is 232 g/mol. The van der Waals surface area contributed by atoms with Crippen molar-refractivity contribution in [1.29, 1.82) is 0 Å². The Balaban J connectivity index is 2.25. The molecule has 94 valence electrons. The zero-order valence-corrected chi connectivity index (χ0v) is 10.0. The van der Waals surface area contributed by atoms with Crippen molar-refractivity contribution in [3.8, 4) is 0 Å². The van der Waals surface area contributed by atoms with Crippen LogP contribution in [0.3, 0.4) is 0 Å². The molecule has 0 saturated heterocycles. The summed E-state index contributed by atoms with van der Waals surface area (Å²) in [5.41, 5.74) is 0.138. The number of aromatic nitrogens is 3. The first-order chi connectivity index (χ1) is 8.69. The Kier molecular flexibility index (Phi) is 3.57. The van der Waals surface area contributed by atoms with Gasteiger partial charge in [0.2, 0.25) is 0 Å². The average molecular weight is 246 g/mol. The minimum absolute atomic E-state index is 0.390. The molecule has 2 rings (SSSR count). The number of hydrogen-bond donors (Lipinski definition) is 2. The van der Waals surface area contributed by atoms with Crippen molar-refractivity contribution in [1.82, 2.24) is 14.5 Å². The SMILES string of the molecule is CCNc1cc(Cn2ccc(=O)[nH]c2=O)ccn1. The van der Waals surface area contributed by atoms with Crippen molar-refractivity contribution in [2.75, 3.05) is 11.9 Å². The van der Waals surface area contributed by atoms with Crippen LogP contribution in [0, 0.1) is 0 Å². The molecule has 2 aromatic heterocycles. The van der Waals surface area contributed by atoms with Crippen molar-refractivity contribution in [2.24, 2.45) is 0 Å². The van der Waals surface area contributed by atoms with Crippen LogP contribution in [0.25, 0.3) is 0 Å². The highest BCUT2D eigenvalue weighted by Crippen LogP contribution is 2.07. The van der Waals surface area contributed by atoms with Crippen LogP contribution in [0.1, 0.15) is 12.5 Å². The van der Waals surface area contributed by atoms with Gasteiger partial charge in [0, 0.05) is 25.0 Å². The van der Waals surface area contributed by atoms with E-state index in [1.165, 1.54) is 16.8 Å². The lowest BCUT2D eigenvalue weighted by molar-refractivity contribution is 0.720. The van der Waals surface area contributed by atoms with Gasteiger partial charge in [0.05, 0.1) is 6.54 Å². The number of pyridine rings is 1. The van der Waals surface area contributed by atoms with Gasteiger partial charge in [-0.2, -0.15) is 0 Å². The maximum absolute atomic E-state index is 11.5. The molecule has 2 aromatic rings. The minimum Gasteiger partial charge on any atom is -0.370 e. The van der Waals surface area contributed by atoms with Crippen molar-refractivity contribution in [3.05, 3.63) is 57.0 Å². The highest BCUT2D eigenvalue weighted by Gasteiger charge is 2.00. The number of H-pyrrole nitrogens is 1. The van der Waals surface area contributed by atoms with Crippen molar-refractivity contribution < 1.29 is 0 Å². The summed E-state index contributed by atoms with van der Waals surface area (Å²) in [5, 5.41) is 3.10. The molecule has 0 aliphatic carbocycles. The monoisotopic (exact) mass is 246 g/mol. The highest BCUT2D eigenvalue weighted by molar-refractivity contribution is 5.37. The number of anilines is 1.